The Balaban J connectivity index is 1.90. The highest BCUT2D eigenvalue weighted by Crippen LogP contribution is 2.22. The van der Waals surface area contributed by atoms with Crippen molar-refractivity contribution in [1.29, 1.82) is 0 Å². The van der Waals surface area contributed by atoms with Crippen LogP contribution in [0.4, 0.5) is 0 Å². The van der Waals surface area contributed by atoms with Crippen LogP contribution in [0, 0.1) is 0 Å². The van der Waals surface area contributed by atoms with Gasteiger partial charge in [-0.1, -0.05) is 74.8 Å². The van der Waals surface area contributed by atoms with Crippen molar-refractivity contribution >= 4 is 11.6 Å². The van der Waals surface area contributed by atoms with Gasteiger partial charge in [-0.25, -0.2) is 0 Å². The summed E-state index contributed by atoms with van der Waals surface area (Å²) < 4.78 is 0. The maximum absolute atomic E-state index is 6.14. The third-order valence-corrected chi connectivity index (χ3v) is 3.79. The Morgan fingerprint density at radius 3 is 2.15 bits per heavy atom. The molecule has 0 saturated heterocycles. The Morgan fingerprint density at radius 2 is 1.55 bits per heavy atom. The number of rotatable bonds is 4. The Hall–Kier alpha value is -1.31. The van der Waals surface area contributed by atoms with Crippen LogP contribution in [-0.4, -0.2) is 0 Å². The first-order valence-corrected chi connectivity index (χ1v) is 7.38. The van der Waals surface area contributed by atoms with Crippen LogP contribution in [-0.2, 0) is 18.5 Å². The Bertz CT molecular complexity index is 552. The summed E-state index contributed by atoms with van der Waals surface area (Å²) >= 11 is 6.14. The molecule has 20 heavy (non-hydrogen) atoms. The van der Waals surface area contributed by atoms with Gasteiger partial charge >= 0.3 is 0 Å². The van der Waals surface area contributed by atoms with Crippen molar-refractivity contribution in [2.75, 3.05) is 0 Å². The summed E-state index contributed by atoms with van der Waals surface area (Å²) in [5.74, 6) is 0. The summed E-state index contributed by atoms with van der Waals surface area (Å²) in [6.45, 7) is 8.35. The Labute approximate surface area is 127 Å². The molecule has 2 rings (SSSR count). The smallest absolute Gasteiger partial charge is 0.0450 e. The number of benzene rings is 2. The molecule has 0 aliphatic heterocycles. The van der Waals surface area contributed by atoms with E-state index in [1.54, 1.807) is 0 Å². The molecule has 0 radical (unpaired) electrons. The molecule has 0 amide bonds. The van der Waals surface area contributed by atoms with Gasteiger partial charge in [0.1, 0.15) is 0 Å². The minimum atomic E-state index is 0.212. The van der Waals surface area contributed by atoms with E-state index in [4.69, 9.17) is 11.6 Å². The molecular weight excluding hydrogens is 266 g/mol. The standard InChI is InChI=1S/C18H22ClN/c1-18(2,3)16-10-8-14(9-11-16)12-20-13-15-6-4-5-7-17(15)19/h4-11,20H,12-13H2,1-3H3. The van der Waals surface area contributed by atoms with Crippen LogP contribution < -0.4 is 5.32 Å². The van der Waals surface area contributed by atoms with Gasteiger partial charge in [-0.3, -0.25) is 0 Å². The van der Waals surface area contributed by atoms with Gasteiger partial charge in [-0.2, -0.15) is 0 Å². The summed E-state index contributed by atoms with van der Waals surface area (Å²) in [7, 11) is 0. The highest BCUT2D eigenvalue weighted by Gasteiger charge is 2.12. The van der Waals surface area contributed by atoms with Crippen LogP contribution in [0.2, 0.25) is 5.02 Å². The lowest BCUT2D eigenvalue weighted by atomic mass is 9.87. The molecule has 0 spiro atoms. The lowest BCUT2D eigenvalue weighted by Crippen LogP contribution is -2.14. The van der Waals surface area contributed by atoms with E-state index < -0.39 is 0 Å². The van der Waals surface area contributed by atoms with Gasteiger partial charge in [0, 0.05) is 18.1 Å². The van der Waals surface area contributed by atoms with Crippen molar-refractivity contribution in [3.63, 3.8) is 0 Å². The predicted octanol–water partition coefficient (Wildman–Crippen LogP) is 4.93. The molecule has 2 aromatic rings. The molecule has 0 aliphatic rings. The van der Waals surface area contributed by atoms with Gasteiger partial charge in [0.05, 0.1) is 0 Å². The van der Waals surface area contributed by atoms with Gasteiger partial charge < -0.3 is 5.32 Å². The zero-order valence-electron chi connectivity index (χ0n) is 12.4. The lowest BCUT2D eigenvalue weighted by Gasteiger charge is -2.19. The van der Waals surface area contributed by atoms with Crippen LogP contribution >= 0.6 is 11.6 Å². The van der Waals surface area contributed by atoms with Gasteiger partial charge in [0.15, 0.2) is 0 Å². The summed E-state index contributed by atoms with van der Waals surface area (Å²) in [4.78, 5) is 0. The van der Waals surface area contributed by atoms with E-state index >= 15 is 0 Å². The fourth-order valence-corrected chi connectivity index (χ4v) is 2.31. The molecule has 0 saturated carbocycles. The van der Waals surface area contributed by atoms with Crippen LogP contribution in [0.25, 0.3) is 0 Å². The van der Waals surface area contributed by atoms with Crippen molar-refractivity contribution in [3.8, 4) is 0 Å². The molecule has 2 heteroatoms. The van der Waals surface area contributed by atoms with Crippen molar-refractivity contribution in [1.82, 2.24) is 5.32 Å². The van der Waals surface area contributed by atoms with E-state index in [0.29, 0.717) is 0 Å². The highest BCUT2D eigenvalue weighted by atomic mass is 35.5. The molecule has 0 fully saturated rings. The van der Waals surface area contributed by atoms with Crippen LogP contribution in [0.3, 0.4) is 0 Å². The van der Waals surface area contributed by atoms with Gasteiger partial charge in [0.25, 0.3) is 0 Å². The minimum absolute atomic E-state index is 0.212. The number of halogens is 1. The fourth-order valence-electron chi connectivity index (χ4n) is 2.11. The Morgan fingerprint density at radius 1 is 0.900 bits per heavy atom. The largest absolute Gasteiger partial charge is 0.309 e. The molecule has 1 N–H and O–H groups in total. The highest BCUT2D eigenvalue weighted by molar-refractivity contribution is 6.31. The second kappa shape index (κ2) is 6.43. The van der Waals surface area contributed by atoms with E-state index in [1.807, 2.05) is 18.2 Å². The van der Waals surface area contributed by atoms with E-state index in [0.717, 1.165) is 23.7 Å². The molecule has 2 aromatic carbocycles. The SMILES string of the molecule is CC(C)(C)c1ccc(CNCc2ccccc2Cl)cc1. The van der Waals surface area contributed by atoms with Crippen molar-refractivity contribution in [2.24, 2.45) is 0 Å². The van der Waals surface area contributed by atoms with Crippen molar-refractivity contribution in [2.45, 2.75) is 39.3 Å². The molecule has 0 aromatic heterocycles. The summed E-state index contributed by atoms with van der Waals surface area (Å²) in [6, 6.07) is 16.8. The van der Waals surface area contributed by atoms with Gasteiger partial charge in [0.2, 0.25) is 0 Å². The molecule has 0 heterocycles. The summed E-state index contributed by atoms with van der Waals surface area (Å²) in [6.07, 6.45) is 0. The maximum Gasteiger partial charge on any atom is 0.0450 e. The topological polar surface area (TPSA) is 12.0 Å². The van der Waals surface area contributed by atoms with E-state index in [9.17, 15) is 0 Å². The molecule has 0 unspecified atom stereocenters. The van der Waals surface area contributed by atoms with Gasteiger partial charge in [-0.05, 0) is 28.2 Å². The monoisotopic (exact) mass is 287 g/mol. The molecule has 0 aliphatic carbocycles. The van der Waals surface area contributed by atoms with Crippen LogP contribution in [0.1, 0.15) is 37.5 Å². The Kier molecular flexibility index (Phi) is 4.85. The predicted molar refractivity (Wildman–Crippen MR) is 87.1 cm³/mol. The molecule has 106 valence electrons. The van der Waals surface area contributed by atoms with E-state index in [1.165, 1.54) is 11.1 Å². The fraction of sp³-hybridized carbons (Fsp3) is 0.333. The minimum Gasteiger partial charge on any atom is -0.309 e. The van der Waals surface area contributed by atoms with E-state index in [-0.39, 0.29) is 5.41 Å². The second-order valence-electron chi connectivity index (χ2n) is 6.14. The van der Waals surface area contributed by atoms with Crippen molar-refractivity contribution < 1.29 is 0 Å². The van der Waals surface area contributed by atoms with Crippen LogP contribution in [0.15, 0.2) is 48.5 Å². The normalized spacial score (nSPS) is 11.6. The van der Waals surface area contributed by atoms with Crippen molar-refractivity contribution in [3.05, 3.63) is 70.2 Å². The van der Waals surface area contributed by atoms with E-state index in [2.05, 4.69) is 56.4 Å². The average Bonchev–Trinajstić information content (AvgIpc) is 2.40. The number of nitrogens with one attached hydrogen (secondary N) is 1. The quantitative estimate of drug-likeness (QED) is 0.841. The van der Waals surface area contributed by atoms with Gasteiger partial charge in [-0.15, -0.1) is 0 Å². The average molecular weight is 288 g/mol. The number of hydrogen-bond acceptors (Lipinski definition) is 1. The zero-order chi connectivity index (χ0) is 14.6. The molecular formula is C18H22ClN. The number of hydrogen-bond donors (Lipinski definition) is 1. The first-order chi connectivity index (χ1) is 9.47. The zero-order valence-corrected chi connectivity index (χ0v) is 13.2. The third kappa shape index (κ3) is 4.09. The van der Waals surface area contributed by atoms with Crippen LogP contribution in [0.5, 0.6) is 0 Å². The first-order valence-electron chi connectivity index (χ1n) is 7.00. The lowest BCUT2D eigenvalue weighted by molar-refractivity contribution is 0.589. The molecule has 0 atom stereocenters. The third-order valence-electron chi connectivity index (χ3n) is 3.42. The summed E-state index contributed by atoms with van der Waals surface area (Å²) in [5, 5.41) is 4.25. The molecule has 1 nitrogen and oxygen atoms in total. The molecule has 0 bridgehead atoms. The first kappa shape index (κ1) is 15.1. The maximum atomic E-state index is 6.14. The second-order valence-corrected chi connectivity index (χ2v) is 6.55. The summed E-state index contributed by atoms with van der Waals surface area (Å²) in [5.41, 5.74) is 4.02.